The first-order valence-electron chi connectivity index (χ1n) is 6.19. The molecule has 0 spiro atoms. The molecule has 0 aliphatic heterocycles. The van der Waals surface area contributed by atoms with Gasteiger partial charge in [-0.05, 0) is 19.8 Å². The average molecular weight is 233 g/mol. The topological polar surface area (TPSA) is 39.7 Å². The number of ether oxygens (including phenoxy) is 3. The minimum Gasteiger partial charge on any atom is -0.385 e. The lowest BCUT2D eigenvalue weighted by Crippen LogP contribution is -2.29. The van der Waals surface area contributed by atoms with Crippen LogP contribution in [0.1, 0.15) is 26.7 Å². The summed E-state index contributed by atoms with van der Waals surface area (Å²) in [6.45, 7) is 8.89. The van der Waals surface area contributed by atoms with E-state index in [1.54, 1.807) is 7.11 Å². The molecule has 0 bridgehead atoms. The van der Waals surface area contributed by atoms with Gasteiger partial charge < -0.3 is 19.5 Å². The summed E-state index contributed by atoms with van der Waals surface area (Å²) in [7, 11) is 1.70. The number of nitrogens with one attached hydrogen (secondary N) is 1. The summed E-state index contributed by atoms with van der Waals surface area (Å²) in [4.78, 5) is 0. The van der Waals surface area contributed by atoms with Crippen molar-refractivity contribution in [3.05, 3.63) is 0 Å². The molecule has 1 atom stereocenters. The molecular formula is C12H27NO3. The van der Waals surface area contributed by atoms with Crippen LogP contribution in [0.25, 0.3) is 0 Å². The van der Waals surface area contributed by atoms with Gasteiger partial charge in [-0.2, -0.15) is 0 Å². The lowest BCUT2D eigenvalue weighted by molar-refractivity contribution is 0.0404. The van der Waals surface area contributed by atoms with Crippen LogP contribution in [0.5, 0.6) is 0 Å². The van der Waals surface area contributed by atoms with Crippen molar-refractivity contribution in [3.63, 3.8) is 0 Å². The summed E-state index contributed by atoms with van der Waals surface area (Å²) < 4.78 is 15.7. The molecule has 0 fully saturated rings. The highest BCUT2D eigenvalue weighted by atomic mass is 16.5. The van der Waals surface area contributed by atoms with Crippen LogP contribution in [0.15, 0.2) is 0 Å². The molecule has 0 aliphatic carbocycles. The minimum atomic E-state index is 0.578. The van der Waals surface area contributed by atoms with Crippen LogP contribution in [-0.4, -0.2) is 52.7 Å². The predicted molar refractivity (Wildman–Crippen MR) is 65.9 cm³/mol. The number of methoxy groups -OCH3 is 1. The van der Waals surface area contributed by atoms with Gasteiger partial charge in [0.2, 0.25) is 0 Å². The minimum absolute atomic E-state index is 0.578. The van der Waals surface area contributed by atoms with Crippen molar-refractivity contribution in [1.82, 2.24) is 5.32 Å². The fourth-order valence-corrected chi connectivity index (χ4v) is 1.15. The van der Waals surface area contributed by atoms with Gasteiger partial charge in [0.05, 0.1) is 19.8 Å². The molecule has 1 unspecified atom stereocenters. The van der Waals surface area contributed by atoms with E-state index in [2.05, 4.69) is 19.2 Å². The normalized spacial score (nSPS) is 12.9. The third-order valence-electron chi connectivity index (χ3n) is 2.36. The first-order chi connectivity index (χ1) is 7.81. The van der Waals surface area contributed by atoms with Gasteiger partial charge in [-0.15, -0.1) is 0 Å². The number of rotatable bonds is 12. The second-order valence-electron chi connectivity index (χ2n) is 3.83. The zero-order valence-corrected chi connectivity index (χ0v) is 11.0. The van der Waals surface area contributed by atoms with Crippen LogP contribution >= 0.6 is 0 Å². The van der Waals surface area contributed by atoms with Gasteiger partial charge in [-0.3, -0.25) is 0 Å². The van der Waals surface area contributed by atoms with E-state index in [0.29, 0.717) is 19.3 Å². The molecule has 0 saturated carbocycles. The Morgan fingerprint density at radius 2 is 1.69 bits per heavy atom. The van der Waals surface area contributed by atoms with Gasteiger partial charge in [0.15, 0.2) is 0 Å². The zero-order valence-electron chi connectivity index (χ0n) is 11.0. The maximum Gasteiger partial charge on any atom is 0.0701 e. The predicted octanol–water partition coefficient (Wildman–Crippen LogP) is 1.44. The molecule has 0 aromatic heterocycles. The molecule has 98 valence electrons. The molecular weight excluding hydrogens is 206 g/mol. The van der Waals surface area contributed by atoms with E-state index in [1.807, 2.05) is 0 Å². The molecule has 0 aromatic carbocycles. The van der Waals surface area contributed by atoms with Crippen molar-refractivity contribution < 1.29 is 14.2 Å². The SMILES string of the molecule is CCC(C)NCCOCCOCCCOC. The van der Waals surface area contributed by atoms with Gasteiger partial charge in [0.25, 0.3) is 0 Å². The van der Waals surface area contributed by atoms with E-state index in [9.17, 15) is 0 Å². The van der Waals surface area contributed by atoms with E-state index in [1.165, 1.54) is 0 Å². The highest BCUT2D eigenvalue weighted by Gasteiger charge is 1.95. The summed E-state index contributed by atoms with van der Waals surface area (Å²) in [6, 6.07) is 0.578. The molecule has 0 aromatic rings. The molecule has 1 N–H and O–H groups in total. The highest BCUT2D eigenvalue weighted by molar-refractivity contribution is 4.55. The van der Waals surface area contributed by atoms with E-state index < -0.39 is 0 Å². The van der Waals surface area contributed by atoms with Crippen LogP contribution < -0.4 is 5.32 Å². The number of hydrogen-bond donors (Lipinski definition) is 1. The second-order valence-corrected chi connectivity index (χ2v) is 3.83. The van der Waals surface area contributed by atoms with Crippen molar-refractivity contribution in [1.29, 1.82) is 0 Å². The van der Waals surface area contributed by atoms with E-state index >= 15 is 0 Å². The van der Waals surface area contributed by atoms with Crippen LogP contribution in [0.4, 0.5) is 0 Å². The van der Waals surface area contributed by atoms with Gasteiger partial charge >= 0.3 is 0 Å². The summed E-state index contributed by atoms with van der Waals surface area (Å²) >= 11 is 0. The van der Waals surface area contributed by atoms with Crippen molar-refractivity contribution in [2.75, 3.05) is 46.7 Å². The van der Waals surface area contributed by atoms with Gasteiger partial charge in [0, 0.05) is 32.9 Å². The fourth-order valence-electron chi connectivity index (χ4n) is 1.15. The summed E-state index contributed by atoms with van der Waals surface area (Å²) in [5.41, 5.74) is 0. The summed E-state index contributed by atoms with van der Waals surface area (Å²) in [5, 5.41) is 3.37. The Morgan fingerprint density at radius 1 is 1.00 bits per heavy atom. The average Bonchev–Trinajstić information content (AvgIpc) is 2.31. The Bertz CT molecular complexity index is 133. The Kier molecular flexibility index (Phi) is 12.8. The Morgan fingerprint density at radius 3 is 2.31 bits per heavy atom. The Hall–Kier alpha value is -0.160. The lowest BCUT2D eigenvalue weighted by atomic mass is 10.3. The van der Waals surface area contributed by atoms with Gasteiger partial charge in [0.1, 0.15) is 0 Å². The molecule has 0 rings (SSSR count). The molecule has 0 radical (unpaired) electrons. The van der Waals surface area contributed by atoms with E-state index in [4.69, 9.17) is 14.2 Å². The van der Waals surface area contributed by atoms with Crippen molar-refractivity contribution >= 4 is 0 Å². The standard InChI is InChI=1S/C12H27NO3/c1-4-12(2)13-6-9-16-11-10-15-8-5-7-14-3/h12-13H,4-11H2,1-3H3. The van der Waals surface area contributed by atoms with E-state index in [-0.39, 0.29) is 0 Å². The van der Waals surface area contributed by atoms with Crippen molar-refractivity contribution in [3.8, 4) is 0 Å². The van der Waals surface area contributed by atoms with Crippen LogP contribution in [0, 0.1) is 0 Å². The van der Waals surface area contributed by atoms with E-state index in [0.717, 1.165) is 39.2 Å². The summed E-state index contributed by atoms with van der Waals surface area (Å²) in [5.74, 6) is 0. The molecule has 4 nitrogen and oxygen atoms in total. The van der Waals surface area contributed by atoms with Gasteiger partial charge in [-0.1, -0.05) is 6.92 Å². The fraction of sp³-hybridized carbons (Fsp3) is 1.00. The Labute approximate surface area is 99.6 Å². The zero-order chi connectivity index (χ0) is 12.1. The highest BCUT2D eigenvalue weighted by Crippen LogP contribution is 1.87. The molecule has 16 heavy (non-hydrogen) atoms. The van der Waals surface area contributed by atoms with Gasteiger partial charge in [-0.25, -0.2) is 0 Å². The maximum absolute atomic E-state index is 5.42. The third kappa shape index (κ3) is 11.9. The molecule has 0 amide bonds. The molecule has 0 heterocycles. The van der Waals surface area contributed by atoms with Crippen LogP contribution in [-0.2, 0) is 14.2 Å². The molecule has 4 heteroatoms. The monoisotopic (exact) mass is 233 g/mol. The van der Waals surface area contributed by atoms with Crippen molar-refractivity contribution in [2.24, 2.45) is 0 Å². The maximum atomic E-state index is 5.42. The summed E-state index contributed by atoms with van der Waals surface area (Å²) in [6.07, 6.45) is 2.11. The lowest BCUT2D eigenvalue weighted by Gasteiger charge is -2.11. The third-order valence-corrected chi connectivity index (χ3v) is 2.36. The first-order valence-corrected chi connectivity index (χ1v) is 6.19. The van der Waals surface area contributed by atoms with Crippen LogP contribution in [0.3, 0.4) is 0 Å². The first kappa shape index (κ1) is 15.8. The van der Waals surface area contributed by atoms with Crippen molar-refractivity contribution in [2.45, 2.75) is 32.7 Å². The largest absolute Gasteiger partial charge is 0.385 e. The number of hydrogen-bond acceptors (Lipinski definition) is 4. The Balaban J connectivity index is 2.93. The quantitative estimate of drug-likeness (QED) is 0.518. The smallest absolute Gasteiger partial charge is 0.0701 e. The molecule has 0 saturated heterocycles. The second kappa shape index (κ2) is 12.9. The molecule has 0 aliphatic rings. The van der Waals surface area contributed by atoms with Crippen LogP contribution in [0.2, 0.25) is 0 Å².